The average Bonchev–Trinajstić information content (AvgIpc) is 2.39. The summed E-state index contributed by atoms with van der Waals surface area (Å²) in [5, 5.41) is 8.03. The number of nitrogens with one attached hydrogen (secondary N) is 1. The van der Waals surface area contributed by atoms with Crippen molar-refractivity contribution in [3.8, 4) is 0 Å². The summed E-state index contributed by atoms with van der Waals surface area (Å²) < 4.78 is 0. The fourth-order valence-electron chi connectivity index (χ4n) is 1.54. The van der Waals surface area contributed by atoms with Crippen LogP contribution in [0.15, 0.2) is 54.6 Å². The second kappa shape index (κ2) is 4.53. The van der Waals surface area contributed by atoms with E-state index < -0.39 is 0 Å². The highest BCUT2D eigenvalue weighted by Gasteiger charge is 2.04. The first-order valence-electron chi connectivity index (χ1n) is 5.01. The third kappa shape index (κ3) is 2.06. The lowest BCUT2D eigenvalue weighted by atomic mass is 10.0. The zero-order valence-electron chi connectivity index (χ0n) is 8.68. The molecule has 0 aliphatic heterocycles. The predicted molar refractivity (Wildman–Crippen MR) is 64.2 cm³/mol. The smallest absolute Gasteiger partial charge is 0.150 e. The highest BCUT2D eigenvalue weighted by molar-refractivity contribution is 6.11. The Labute approximate surface area is 94.1 Å². The summed E-state index contributed by atoms with van der Waals surface area (Å²) in [7, 11) is 0. The largest absolute Gasteiger partial charge is 0.300 e. The summed E-state index contributed by atoms with van der Waals surface area (Å²) >= 11 is 0. The van der Waals surface area contributed by atoms with Gasteiger partial charge in [-0.05, 0) is 11.6 Å². The number of rotatable bonds is 3. The Morgan fingerprint density at radius 3 is 2.31 bits per heavy atom. The number of carbonyl (C=O) groups excluding carboxylic acids is 1. The van der Waals surface area contributed by atoms with Gasteiger partial charge in [-0.1, -0.05) is 48.5 Å². The SMILES string of the molecule is N=C(c1ccccc1)c1cccc(C=O)c1. The van der Waals surface area contributed by atoms with Crippen molar-refractivity contribution < 1.29 is 4.79 Å². The molecule has 0 saturated heterocycles. The van der Waals surface area contributed by atoms with Crippen molar-refractivity contribution >= 4 is 12.0 Å². The first kappa shape index (κ1) is 10.3. The van der Waals surface area contributed by atoms with Crippen LogP contribution in [-0.4, -0.2) is 12.0 Å². The third-order valence-corrected chi connectivity index (χ3v) is 2.37. The van der Waals surface area contributed by atoms with E-state index >= 15 is 0 Å². The van der Waals surface area contributed by atoms with Crippen LogP contribution in [0.4, 0.5) is 0 Å². The van der Waals surface area contributed by atoms with Gasteiger partial charge in [0, 0.05) is 11.1 Å². The van der Waals surface area contributed by atoms with Crippen molar-refractivity contribution in [3.05, 3.63) is 71.3 Å². The van der Waals surface area contributed by atoms with E-state index in [1.807, 2.05) is 36.4 Å². The van der Waals surface area contributed by atoms with Gasteiger partial charge in [0.1, 0.15) is 6.29 Å². The highest BCUT2D eigenvalue weighted by Crippen LogP contribution is 2.10. The third-order valence-electron chi connectivity index (χ3n) is 2.37. The predicted octanol–water partition coefficient (Wildman–Crippen LogP) is 2.92. The lowest BCUT2D eigenvalue weighted by Gasteiger charge is -2.04. The number of carbonyl (C=O) groups is 1. The molecule has 2 aromatic carbocycles. The second-order valence-corrected chi connectivity index (χ2v) is 3.48. The number of aldehydes is 1. The van der Waals surface area contributed by atoms with Crippen molar-refractivity contribution in [2.24, 2.45) is 0 Å². The van der Waals surface area contributed by atoms with Crippen LogP contribution < -0.4 is 0 Å². The van der Waals surface area contributed by atoms with Crippen molar-refractivity contribution in [1.29, 1.82) is 5.41 Å². The van der Waals surface area contributed by atoms with Crippen LogP contribution in [0, 0.1) is 5.41 Å². The molecule has 0 aliphatic rings. The Hall–Kier alpha value is -2.22. The molecule has 0 unspecified atom stereocenters. The molecule has 0 bridgehead atoms. The van der Waals surface area contributed by atoms with E-state index in [2.05, 4.69) is 0 Å². The molecule has 2 rings (SSSR count). The summed E-state index contributed by atoms with van der Waals surface area (Å²) in [4.78, 5) is 10.6. The fraction of sp³-hybridized carbons (Fsp3) is 0. The molecule has 0 amide bonds. The van der Waals surface area contributed by atoms with Crippen molar-refractivity contribution in [2.75, 3.05) is 0 Å². The fourth-order valence-corrected chi connectivity index (χ4v) is 1.54. The molecule has 0 aromatic heterocycles. The van der Waals surface area contributed by atoms with Gasteiger partial charge in [0.15, 0.2) is 0 Å². The van der Waals surface area contributed by atoms with E-state index in [0.29, 0.717) is 11.3 Å². The lowest BCUT2D eigenvalue weighted by Crippen LogP contribution is -2.01. The maximum absolute atomic E-state index is 10.6. The summed E-state index contributed by atoms with van der Waals surface area (Å²) in [6.45, 7) is 0. The molecule has 0 radical (unpaired) electrons. The monoisotopic (exact) mass is 209 g/mol. The number of benzene rings is 2. The molecular weight excluding hydrogens is 198 g/mol. The van der Waals surface area contributed by atoms with Crippen LogP contribution in [0.25, 0.3) is 0 Å². The first-order chi connectivity index (χ1) is 7.81. The molecule has 0 heterocycles. The maximum Gasteiger partial charge on any atom is 0.150 e. The van der Waals surface area contributed by atoms with Gasteiger partial charge >= 0.3 is 0 Å². The topological polar surface area (TPSA) is 40.9 Å². The number of hydrogen-bond donors (Lipinski definition) is 1. The molecule has 2 nitrogen and oxygen atoms in total. The molecule has 78 valence electrons. The van der Waals surface area contributed by atoms with Crippen LogP contribution in [0.2, 0.25) is 0 Å². The van der Waals surface area contributed by atoms with Crippen LogP contribution in [0.5, 0.6) is 0 Å². The van der Waals surface area contributed by atoms with Gasteiger partial charge in [0.05, 0.1) is 5.71 Å². The molecule has 0 atom stereocenters. The standard InChI is InChI=1S/C14H11NO/c15-14(12-6-2-1-3-7-12)13-8-4-5-11(9-13)10-16/h1-10,15H. The summed E-state index contributed by atoms with van der Waals surface area (Å²) in [5.74, 6) is 0. The number of hydrogen-bond acceptors (Lipinski definition) is 2. The van der Waals surface area contributed by atoms with Gasteiger partial charge in [0.25, 0.3) is 0 Å². The Kier molecular flexibility index (Phi) is 2.92. The molecule has 0 aliphatic carbocycles. The average molecular weight is 209 g/mol. The van der Waals surface area contributed by atoms with Gasteiger partial charge in [-0.25, -0.2) is 0 Å². The van der Waals surface area contributed by atoms with Gasteiger partial charge < -0.3 is 0 Å². The maximum atomic E-state index is 10.6. The zero-order chi connectivity index (χ0) is 11.4. The molecule has 0 fully saturated rings. The zero-order valence-corrected chi connectivity index (χ0v) is 8.68. The Bertz CT molecular complexity index is 517. The Balaban J connectivity index is 2.38. The minimum absolute atomic E-state index is 0.435. The van der Waals surface area contributed by atoms with E-state index in [1.165, 1.54) is 0 Å². The normalized spacial score (nSPS) is 9.75. The van der Waals surface area contributed by atoms with Gasteiger partial charge in [-0.3, -0.25) is 10.2 Å². The van der Waals surface area contributed by atoms with Gasteiger partial charge in [0.2, 0.25) is 0 Å². The first-order valence-corrected chi connectivity index (χ1v) is 5.01. The highest BCUT2D eigenvalue weighted by atomic mass is 16.1. The molecule has 0 saturated carbocycles. The van der Waals surface area contributed by atoms with Crippen LogP contribution in [0.1, 0.15) is 21.5 Å². The lowest BCUT2D eigenvalue weighted by molar-refractivity contribution is 0.112. The van der Waals surface area contributed by atoms with E-state index in [4.69, 9.17) is 5.41 Å². The van der Waals surface area contributed by atoms with Crippen LogP contribution in [0.3, 0.4) is 0 Å². The molecule has 2 heteroatoms. The molecule has 0 spiro atoms. The van der Waals surface area contributed by atoms with E-state index in [9.17, 15) is 4.79 Å². The van der Waals surface area contributed by atoms with E-state index in [0.717, 1.165) is 17.4 Å². The summed E-state index contributed by atoms with van der Waals surface area (Å²) in [5.41, 5.74) is 2.64. The quantitative estimate of drug-likeness (QED) is 0.612. The Morgan fingerprint density at radius 1 is 0.938 bits per heavy atom. The van der Waals surface area contributed by atoms with Crippen LogP contribution >= 0.6 is 0 Å². The summed E-state index contributed by atoms with van der Waals surface area (Å²) in [6.07, 6.45) is 0.793. The van der Waals surface area contributed by atoms with Gasteiger partial charge in [-0.2, -0.15) is 0 Å². The second-order valence-electron chi connectivity index (χ2n) is 3.48. The molecule has 1 N–H and O–H groups in total. The molecule has 16 heavy (non-hydrogen) atoms. The van der Waals surface area contributed by atoms with E-state index in [-0.39, 0.29) is 0 Å². The molecule has 2 aromatic rings. The summed E-state index contributed by atoms with van der Waals surface area (Å²) in [6, 6.07) is 16.6. The van der Waals surface area contributed by atoms with Crippen molar-refractivity contribution in [2.45, 2.75) is 0 Å². The van der Waals surface area contributed by atoms with Crippen molar-refractivity contribution in [1.82, 2.24) is 0 Å². The minimum atomic E-state index is 0.435. The minimum Gasteiger partial charge on any atom is -0.300 e. The van der Waals surface area contributed by atoms with E-state index in [1.54, 1.807) is 18.2 Å². The van der Waals surface area contributed by atoms with Gasteiger partial charge in [-0.15, -0.1) is 0 Å². The Morgan fingerprint density at radius 2 is 1.62 bits per heavy atom. The van der Waals surface area contributed by atoms with Crippen molar-refractivity contribution in [3.63, 3.8) is 0 Å². The van der Waals surface area contributed by atoms with Crippen LogP contribution in [-0.2, 0) is 0 Å². The molecular formula is C14H11NO.